The molecule has 94 valence electrons. The predicted octanol–water partition coefficient (Wildman–Crippen LogP) is 3.01. The minimum atomic E-state index is -0.339. The van der Waals surface area contributed by atoms with Crippen LogP contribution in [0.1, 0.15) is 12.5 Å². The van der Waals surface area contributed by atoms with E-state index in [1.54, 1.807) is 6.08 Å². The standard InChI is InChI=1S/C12H10INO3S/c1-2-17-9-4-3-7(5-8(9)13)6-10-11(15)14-12(16)18-10/h3-6H,2H2,1H3,(H,14,15,16). The molecule has 1 heterocycles. The molecule has 0 unspecified atom stereocenters. The van der Waals surface area contributed by atoms with Crippen LogP contribution in [0.25, 0.3) is 6.08 Å². The Morgan fingerprint density at radius 1 is 1.44 bits per heavy atom. The second-order valence-electron chi connectivity index (χ2n) is 3.48. The van der Waals surface area contributed by atoms with Crippen molar-refractivity contribution in [1.29, 1.82) is 0 Å². The molecule has 6 heteroatoms. The summed E-state index contributed by atoms with van der Waals surface area (Å²) in [6, 6.07) is 5.63. The molecular formula is C12H10INO3S. The zero-order valence-electron chi connectivity index (χ0n) is 9.53. The summed E-state index contributed by atoms with van der Waals surface area (Å²) < 4.78 is 6.40. The molecule has 1 aliphatic heterocycles. The van der Waals surface area contributed by atoms with Crippen molar-refractivity contribution in [2.45, 2.75) is 6.92 Å². The Morgan fingerprint density at radius 3 is 2.78 bits per heavy atom. The third kappa shape index (κ3) is 3.05. The molecule has 2 rings (SSSR count). The van der Waals surface area contributed by atoms with Gasteiger partial charge in [0.1, 0.15) is 5.75 Å². The van der Waals surface area contributed by atoms with Gasteiger partial charge in [-0.15, -0.1) is 0 Å². The highest BCUT2D eigenvalue weighted by Gasteiger charge is 2.24. The first-order valence-electron chi connectivity index (χ1n) is 5.27. The molecule has 0 atom stereocenters. The lowest BCUT2D eigenvalue weighted by atomic mass is 10.2. The van der Waals surface area contributed by atoms with E-state index >= 15 is 0 Å². The summed E-state index contributed by atoms with van der Waals surface area (Å²) in [5.74, 6) is 0.480. The van der Waals surface area contributed by atoms with E-state index in [0.717, 1.165) is 26.6 Å². The number of hydrogen-bond donors (Lipinski definition) is 1. The maximum atomic E-state index is 11.4. The first-order chi connectivity index (χ1) is 8.60. The van der Waals surface area contributed by atoms with Crippen LogP contribution >= 0.6 is 34.4 Å². The van der Waals surface area contributed by atoms with E-state index in [4.69, 9.17) is 4.74 Å². The molecule has 0 radical (unpaired) electrons. The Hall–Kier alpha value is -1.02. The van der Waals surface area contributed by atoms with E-state index < -0.39 is 0 Å². The normalized spacial score (nSPS) is 17.1. The van der Waals surface area contributed by atoms with Gasteiger partial charge in [-0.05, 0) is 65.0 Å². The Labute approximate surface area is 122 Å². The molecule has 0 aromatic heterocycles. The quantitative estimate of drug-likeness (QED) is 0.652. The predicted molar refractivity (Wildman–Crippen MR) is 79.4 cm³/mol. The molecule has 1 saturated heterocycles. The van der Waals surface area contributed by atoms with E-state index in [0.29, 0.717) is 11.5 Å². The number of hydrogen-bond acceptors (Lipinski definition) is 4. The van der Waals surface area contributed by atoms with Gasteiger partial charge in [-0.2, -0.15) is 0 Å². The van der Waals surface area contributed by atoms with Crippen molar-refractivity contribution in [3.05, 3.63) is 32.2 Å². The highest BCUT2D eigenvalue weighted by Crippen LogP contribution is 2.28. The molecule has 0 bridgehead atoms. The zero-order chi connectivity index (χ0) is 13.1. The van der Waals surface area contributed by atoms with Crippen LogP contribution in [0, 0.1) is 3.57 Å². The summed E-state index contributed by atoms with van der Waals surface area (Å²) in [6.45, 7) is 2.54. The van der Waals surface area contributed by atoms with E-state index in [1.807, 2.05) is 25.1 Å². The number of benzene rings is 1. The molecule has 2 amide bonds. The van der Waals surface area contributed by atoms with E-state index in [1.165, 1.54) is 0 Å². The van der Waals surface area contributed by atoms with Gasteiger partial charge in [0.2, 0.25) is 0 Å². The third-order valence-corrected chi connectivity index (χ3v) is 3.85. The number of ether oxygens (including phenoxy) is 1. The number of nitrogens with one attached hydrogen (secondary N) is 1. The summed E-state index contributed by atoms with van der Waals surface area (Å²) >= 11 is 3.09. The lowest BCUT2D eigenvalue weighted by molar-refractivity contribution is -0.115. The van der Waals surface area contributed by atoms with Crippen LogP contribution < -0.4 is 10.1 Å². The molecule has 1 aromatic carbocycles. The van der Waals surface area contributed by atoms with Gasteiger partial charge in [0.05, 0.1) is 15.1 Å². The minimum absolute atomic E-state index is 0.327. The van der Waals surface area contributed by atoms with E-state index in [-0.39, 0.29) is 11.1 Å². The molecule has 18 heavy (non-hydrogen) atoms. The topological polar surface area (TPSA) is 55.4 Å². The fourth-order valence-electron chi connectivity index (χ4n) is 1.45. The van der Waals surface area contributed by atoms with Crippen LogP contribution in [-0.4, -0.2) is 17.8 Å². The van der Waals surface area contributed by atoms with Crippen molar-refractivity contribution in [1.82, 2.24) is 5.32 Å². The highest BCUT2D eigenvalue weighted by molar-refractivity contribution is 14.1. The average Bonchev–Trinajstić information content (AvgIpc) is 2.61. The fraction of sp³-hybridized carbons (Fsp3) is 0.167. The summed E-state index contributed by atoms with van der Waals surface area (Å²) in [4.78, 5) is 22.8. The van der Waals surface area contributed by atoms with Gasteiger partial charge in [0.15, 0.2) is 0 Å². The summed E-state index contributed by atoms with van der Waals surface area (Å²) in [6.07, 6.45) is 1.70. The minimum Gasteiger partial charge on any atom is -0.493 e. The van der Waals surface area contributed by atoms with Crippen LogP contribution in [0.3, 0.4) is 0 Å². The van der Waals surface area contributed by atoms with Crippen LogP contribution in [0.15, 0.2) is 23.1 Å². The van der Waals surface area contributed by atoms with Gasteiger partial charge >= 0.3 is 0 Å². The largest absolute Gasteiger partial charge is 0.493 e. The maximum Gasteiger partial charge on any atom is 0.290 e. The molecular weight excluding hydrogens is 365 g/mol. The second-order valence-corrected chi connectivity index (χ2v) is 5.65. The molecule has 0 aliphatic carbocycles. The summed E-state index contributed by atoms with van der Waals surface area (Å²) in [5.41, 5.74) is 0.871. The lowest BCUT2D eigenvalue weighted by Crippen LogP contribution is -2.17. The van der Waals surface area contributed by atoms with Crippen LogP contribution in [0.2, 0.25) is 0 Å². The van der Waals surface area contributed by atoms with Gasteiger partial charge in [0, 0.05) is 0 Å². The number of rotatable bonds is 3. The number of carbonyl (C=O) groups is 2. The first kappa shape index (κ1) is 13.4. The maximum absolute atomic E-state index is 11.4. The number of imide groups is 1. The molecule has 1 aromatic rings. The van der Waals surface area contributed by atoms with Gasteiger partial charge in [0.25, 0.3) is 11.1 Å². The fourth-order valence-corrected chi connectivity index (χ4v) is 2.83. The molecule has 0 spiro atoms. The van der Waals surface area contributed by atoms with Crippen LogP contribution in [-0.2, 0) is 4.79 Å². The Bertz CT molecular complexity index is 542. The lowest BCUT2D eigenvalue weighted by Gasteiger charge is -2.06. The van der Waals surface area contributed by atoms with Crippen LogP contribution in [0.4, 0.5) is 4.79 Å². The van der Waals surface area contributed by atoms with Crippen molar-refractivity contribution in [3.8, 4) is 5.75 Å². The summed E-state index contributed by atoms with van der Waals surface area (Å²) in [5, 5.41) is 1.90. The average molecular weight is 375 g/mol. The van der Waals surface area contributed by atoms with Gasteiger partial charge in [-0.3, -0.25) is 14.9 Å². The number of halogens is 1. The number of amides is 2. The van der Waals surface area contributed by atoms with Crippen molar-refractivity contribution < 1.29 is 14.3 Å². The SMILES string of the molecule is CCOc1ccc(C=C2SC(=O)NC2=O)cc1I. The van der Waals surface area contributed by atoms with Gasteiger partial charge in [-0.25, -0.2) is 0 Å². The Kier molecular flexibility index (Phi) is 4.28. The molecule has 0 saturated carbocycles. The molecule has 1 fully saturated rings. The second kappa shape index (κ2) is 5.75. The molecule has 1 aliphatic rings. The van der Waals surface area contributed by atoms with Gasteiger partial charge < -0.3 is 4.74 Å². The van der Waals surface area contributed by atoms with Crippen LogP contribution in [0.5, 0.6) is 5.75 Å². The number of carbonyl (C=O) groups excluding carboxylic acids is 2. The van der Waals surface area contributed by atoms with Crippen molar-refractivity contribution in [2.24, 2.45) is 0 Å². The monoisotopic (exact) mass is 375 g/mol. The van der Waals surface area contributed by atoms with Crippen molar-refractivity contribution >= 4 is 51.6 Å². The summed E-state index contributed by atoms with van der Waals surface area (Å²) in [7, 11) is 0. The highest BCUT2D eigenvalue weighted by atomic mass is 127. The molecule has 1 N–H and O–H groups in total. The first-order valence-corrected chi connectivity index (χ1v) is 7.17. The smallest absolute Gasteiger partial charge is 0.290 e. The number of thioether (sulfide) groups is 1. The van der Waals surface area contributed by atoms with E-state index in [9.17, 15) is 9.59 Å². The third-order valence-electron chi connectivity index (χ3n) is 2.20. The Morgan fingerprint density at radius 2 is 2.22 bits per heavy atom. The zero-order valence-corrected chi connectivity index (χ0v) is 12.5. The molecule has 4 nitrogen and oxygen atoms in total. The van der Waals surface area contributed by atoms with E-state index in [2.05, 4.69) is 27.9 Å². The van der Waals surface area contributed by atoms with Crippen molar-refractivity contribution in [2.75, 3.05) is 6.61 Å². The van der Waals surface area contributed by atoms with Crippen molar-refractivity contribution in [3.63, 3.8) is 0 Å². The Balaban J connectivity index is 2.25. The van der Waals surface area contributed by atoms with Gasteiger partial charge in [-0.1, -0.05) is 6.07 Å².